The topological polar surface area (TPSA) is 25.8 Å². The van der Waals surface area contributed by atoms with Gasteiger partial charge in [-0.25, -0.2) is 9.97 Å². The smallest absolute Gasteiger partial charge is 0.159 e. The Bertz CT molecular complexity index is 660. The van der Waals surface area contributed by atoms with Crippen LogP contribution in [0.3, 0.4) is 0 Å². The molecule has 2 heteroatoms. The van der Waals surface area contributed by atoms with E-state index in [2.05, 4.69) is 55.0 Å². The summed E-state index contributed by atoms with van der Waals surface area (Å²) in [6.07, 6.45) is 22.4. The van der Waals surface area contributed by atoms with Crippen molar-refractivity contribution < 1.29 is 0 Å². The van der Waals surface area contributed by atoms with Crippen molar-refractivity contribution in [2.45, 2.75) is 111 Å². The Balaban J connectivity index is 1.66. The zero-order valence-electron chi connectivity index (χ0n) is 19.8. The van der Waals surface area contributed by atoms with Crippen molar-refractivity contribution >= 4 is 0 Å². The molecule has 0 spiro atoms. The van der Waals surface area contributed by atoms with Crippen LogP contribution in [0.15, 0.2) is 36.7 Å². The number of hydrogen-bond donors (Lipinski definition) is 0. The molecule has 2 aromatic rings. The van der Waals surface area contributed by atoms with Crippen LogP contribution < -0.4 is 0 Å². The number of aryl methyl sites for hydroxylation is 2. The molecule has 0 aliphatic heterocycles. The zero-order valence-corrected chi connectivity index (χ0v) is 19.8. The minimum absolute atomic E-state index is 0.845. The molecule has 1 unspecified atom stereocenters. The van der Waals surface area contributed by atoms with Gasteiger partial charge in [-0.15, -0.1) is 0 Å². The molecule has 1 atom stereocenters. The van der Waals surface area contributed by atoms with Crippen molar-refractivity contribution in [3.63, 3.8) is 0 Å². The quantitative estimate of drug-likeness (QED) is 0.260. The lowest BCUT2D eigenvalue weighted by Gasteiger charge is -2.07. The molecule has 0 aliphatic carbocycles. The average Bonchev–Trinajstić information content (AvgIpc) is 2.79. The molecule has 0 saturated carbocycles. The SMILES string of the molecule is CCCCCCCc1cnc(-c2ccc(CCCCCCCC(C)CC)cc2)nc1. The van der Waals surface area contributed by atoms with Crippen LogP contribution >= 0.6 is 0 Å². The van der Waals surface area contributed by atoms with E-state index in [0.29, 0.717) is 0 Å². The Morgan fingerprint density at radius 3 is 1.87 bits per heavy atom. The van der Waals surface area contributed by atoms with Crippen LogP contribution in [-0.4, -0.2) is 9.97 Å². The molecule has 1 aromatic carbocycles. The second kappa shape index (κ2) is 15.2. The molecule has 1 heterocycles. The minimum Gasteiger partial charge on any atom is -0.236 e. The third-order valence-electron chi connectivity index (χ3n) is 6.35. The van der Waals surface area contributed by atoms with Gasteiger partial charge in [0.2, 0.25) is 0 Å². The summed E-state index contributed by atoms with van der Waals surface area (Å²) in [5.41, 5.74) is 3.82. The van der Waals surface area contributed by atoms with Crippen molar-refractivity contribution in [3.8, 4) is 11.4 Å². The summed E-state index contributed by atoms with van der Waals surface area (Å²) in [6, 6.07) is 8.87. The first-order chi connectivity index (χ1) is 14.7. The van der Waals surface area contributed by atoms with E-state index in [1.54, 1.807) is 0 Å². The predicted octanol–water partition coefficient (Wildman–Crippen LogP) is 8.59. The number of benzene rings is 1. The lowest BCUT2D eigenvalue weighted by molar-refractivity contribution is 0.472. The van der Waals surface area contributed by atoms with Crippen LogP contribution in [0.25, 0.3) is 11.4 Å². The fraction of sp³-hybridized carbons (Fsp3) is 0.643. The lowest BCUT2D eigenvalue weighted by Crippen LogP contribution is -1.94. The molecule has 0 aliphatic rings. The predicted molar refractivity (Wildman–Crippen MR) is 131 cm³/mol. The molecule has 1 aromatic heterocycles. The number of nitrogens with zero attached hydrogens (tertiary/aromatic N) is 2. The average molecular weight is 409 g/mol. The number of aromatic nitrogens is 2. The normalized spacial score (nSPS) is 12.2. The summed E-state index contributed by atoms with van der Waals surface area (Å²) in [5.74, 6) is 1.75. The van der Waals surface area contributed by atoms with Crippen LogP contribution in [0, 0.1) is 5.92 Å². The highest BCUT2D eigenvalue weighted by Gasteiger charge is 2.03. The molecule has 0 N–H and O–H groups in total. The Kier molecular flexibility index (Phi) is 12.4. The van der Waals surface area contributed by atoms with Gasteiger partial charge in [0, 0.05) is 18.0 Å². The number of unbranched alkanes of at least 4 members (excludes halogenated alkanes) is 8. The molecule has 2 nitrogen and oxygen atoms in total. The van der Waals surface area contributed by atoms with Crippen molar-refractivity contribution in [1.29, 1.82) is 0 Å². The minimum atomic E-state index is 0.845. The molecule has 0 radical (unpaired) electrons. The fourth-order valence-corrected chi connectivity index (χ4v) is 3.94. The van der Waals surface area contributed by atoms with Crippen LogP contribution in [0.2, 0.25) is 0 Å². The number of rotatable bonds is 16. The highest BCUT2D eigenvalue weighted by molar-refractivity contribution is 5.55. The van der Waals surface area contributed by atoms with Crippen LogP contribution in [0.1, 0.15) is 109 Å². The molecule has 0 saturated heterocycles. The third kappa shape index (κ3) is 9.87. The third-order valence-corrected chi connectivity index (χ3v) is 6.35. The van der Waals surface area contributed by atoms with Gasteiger partial charge in [0.1, 0.15) is 0 Å². The molecule has 2 rings (SSSR count). The van der Waals surface area contributed by atoms with Gasteiger partial charge in [0.05, 0.1) is 0 Å². The summed E-state index contributed by atoms with van der Waals surface area (Å²) in [7, 11) is 0. The summed E-state index contributed by atoms with van der Waals surface area (Å²) in [4.78, 5) is 9.21. The second-order valence-corrected chi connectivity index (χ2v) is 9.10. The van der Waals surface area contributed by atoms with Gasteiger partial charge < -0.3 is 0 Å². The Labute approximate surface area is 185 Å². The maximum Gasteiger partial charge on any atom is 0.159 e. The molecular weight excluding hydrogens is 364 g/mol. The Morgan fingerprint density at radius 1 is 0.667 bits per heavy atom. The molecule has 0 bridgehead atoms. The maximum atomic E-state index is 4.60. The summed E-state index contributed by atoms with van der Waals surface area (Å²) in [6.45, 7) is 6.93. The van der Waals surface area contributed by atoms with Gasteiger partial charge in [-0.2, -0.15) is 0 Å². The van der Waals surface area contributed by atoms with Gasteiger partial charge in [-0.1, -0.05) is 109 Å². The van der Waals surface area contributed by atoms with E-state index in [1.165, 1.54) is 94.6 Å². The van der Waals surface area contributed by atoms with Gasteiger partial charge in [0.25, 0.3) is 0 Å². The summed E-state index contributed by atoms with van der Waals surface area (Å²) in [5, 5.41) is 0. The van der Waals surface area contributed by atoms with E-state index in [0.717, 1.165) is 23.7 Å². The first-order valence-corrected chi connectivity index (χ1v) is 12.6. The molecular formula is C28H44N2. The van der Waals surface area contributed by atoms with Gasteiger partial charge in [-0.05, 0) is 42.7 Å². The Hall–Kier alpha value is -1.70. The van der Waals surface area contributed by atoms with Crippen LogP contribution in [0.5, 0.6) is 0 Å². The molecule has 166 valence electrons. The standard InChI is InChI=1S/C28H44N2/c1-4-6-7-9-14-17-26-22-29-28(30-23-26)27-20-18-25(19-21-27)16-13-11-8-10-12-15-24(3)5-2/h18-24H,4-17H2,1-3H3. The van der Waals surface area contributed by atoms with Crippen molar-refractivity contribution in [1.82, 2.24) is 9.97 Å². The molecule has 30 heavy (non-hydrogen) atoms. The molecule has 0 fully saturated rings. The largest absolute Gasteiger partial charge is 0.236 e. The first-order valence-electron chi connectivity index (χ1n) is 12.6. The lowest BCUT2D eigenvalue weighted by atomic mass is 9.99. The van der Waals surface area contributed by atoms with E-state index < -0.39 is 0 Å². The summed E-state index contributed by atoms with van der Waals surface area (Å²) < 4.78 is 0. The van der Waals surface area contributed by atoms with E-state index in [1.807, 2.05) is 12.4 Å². The van der Waals surface area contributed by atoms with Crippen molar-refractivity contribution in [3.05, 3.63) is 47.8 Å². The highest BCUT2D eigenvalue weighted by atomic mass is 14.9. The van der Waals surface area contributed by atoms with E-state index >= 15 is 0 Å². The first kappa shape index (κ1) is 24.6. The zero-order chi connectivity index (χ0) is 21.4. The van der Waals surface area contributed by atoms with Crippen LogP contribution in [0.4, 0.5) is 0 Å². The highest BCUT2D eigenvalue weighted by Crippen LogP contribution is 2.18. The Morgan fingerprint density at radius 2 is 1.23 bits per heavy atom. The molecule has 0 amide bonds. The van der Waals surface area contributed by atoms with Gasteiger partial charge in [0.15, 0.2) is 5.82 Å². The van der Waals surface area contributed by atoms with E-state index in [4.69, 9.17) is 0 Å². The monoisotopic (exact) mass is 408 g/mol. The van der Waals surface area contributed by atoms with Crippen molar-refractivity contribution in [2.75, 3.05) is 0 Å². The van der Waals surface area contributed by atoms with Crippen molar-refractivity contribution in [2.24, 2.45) is 5.92 Å². The second-order valence-electron chi connectivity index (χ2n) is 9.10. The fourth-order valence-electron chi connectivity index (χ4n) is 3.94. The van der Waals surface area contributed by atoms with E-state index in [9.17, 15) is 0 Å². The number of hydrogen-bond acceptors (Lipinski definition) is 2. The van der Waals surface area contributed by atoms with Gasteiger partial charge >= 0.3 is 0 Å². The van der Waals surface area contributed by atoms with E-state index in [-0.39, 0.29) is 0 Å². The van der Waals surface area contributed by atoms with Crippen LogP contribution in [-0.2, 0) is 12.8 Å². The summed E-state index contributed by atoms with van der Waals surface area (Å²) >= 11 is 0. The van der Waals surface area contributed by atoms with Gasteiger partial charge in [-0.3, -0.25) is 0 Å². The maximum absolute atomic E-state index is 4.60.